The first-order chi connectivity index (χ1) is 11.1. The molecule has 0 amide bonds. The Labute approximate surface area is 140 Å². The van der Waals surface area contributed by atoms with E-state index in [4.69, 9.17) is 11.6 Å². The van der Waals surface area contributed by atoms with Gasteiger partial charge in [0.25, 0.3) is 0 Å². The van der Waals surface area contributed by atoms with Gasteiger partial charge in [-0.2, -0.15) is 0 Å². The van der Waals surface area contributed by atoms with Crippen molar-refractivity contribution in [1.29, 1.82) is 0 Å². The fraction of sp³-hybridized carbons (Fsp3) is 0.100. The van der Waals surface area contributed by atoms with Crippen molar-refractivity contribution in [3.8, 4) is 16.9 Å². The van der Waals surface area contributed by atoms with Gasteiger partial charge in [-0.25, -0.2) is 4.39 Å². The summed E-state index contributed by atoms with van der Waals surface area (Å²) in [4.78, 5) is 0. The monoisotopic (exact) mass is 326 g/mol. The van der Waals surface area contributed by atoms with Gasteiger partial charge in [0.05, 0.1) is 0 Å². The van der Waals surface area contributed by atoms with Crippen LogP contribution < -0.4 is 0 Å². The first kappa shape index (κ1) is 15.6. The van der Waals surface area contributed by atoms with Crippen molar-refractivity contribution in [2.24, 2.45) is 0 Å². The number of rotatable bonds is 4. The second-order valence-electron chi connectivity index (χ2n) is 5.44. The lowest BCUT2D eigenvalue weighted by Crippen LogP contribution is -1.96. The van der Waals surface area contributed by atoms with Crippen LogP contribution in [0.4, 0.5) is 4.39 Å². The molecule has 0 atom stereocenters. The largest absolute Gasteiger partial charge is 0.508 e. The van der Waals surface area contributed by atoms with Gasteiger partial charge in [-0.05, 0) is 53.8 Å². The summed E-state index contributed by atoms with van der Waals surface area (Å²) in [6, 6.07) is 20.0. The molecule has 0 saturated carbocycles. The predicted octanol–water partition coefficient (Wildman–Crippen LogP) is 5.64. The Kier molecular flexibility index (Phi) is 4.63. The molecule has 23 heavy (non-hydrogen) atoms. The van der Waals surface area contributed by atoms with E-state index < -0.39 is 0 Å². The molecule has 3 heteroatoms. The summed E-state index contributed by atoms with van der Waals surface area (Å²) in [5.41, 5.74) is 3.83. The number of phenols is 1. The maximum absolute atomic E-state index is 13.8. The fourth-order valence-electron chi connectivity index (χ4n) is 2.56. The highest BCUT2D eigenvalue weighted by molar-refractivity contribution is 6.31. The van der Waals surface area contributed by atoms with E-state index in [1.807, 2.05) is 36.4 Å². The third-order valence-electron chi connectivity index (χ3n) is 3.88. The Balaban J connectivity index is 1.72. The third kappa shape index (κ3) is 3.72. The first-order valence-corrected chi connectivity index (χ1v) is 7.82. The minimum atomic E-state index is -0.252. The van der Waals surface area contributed by atoms with Crippen LogP contribution in [0.15, 0.2) is 66.7 Å². The van der Waals surface area contributed by atoms with Crippen molar-refractivity contribution in [3.05, 3.63) is 88.7 Å². The van der Waals surface area contributed by atoms with Crippen molar-refractivity contribution in [2.45, 2.75) is 12.8 Å². The summed E-state index contributed by atoms with van der Waals surface area (Å²) in [6.07, 6.45) is 1.31. The molecule has 3 rings (SSSR count). The van der Waals surface area contributed by atoms with Gasteiger partial charge in [0.2, 0.25) is 0 Å². The molecular weight excluding hydrogens is 311 g/mol. The molecule has 3 aromatic carbocycles. The van der Waals surface area contributed by atoms with Gasteiger partial charge in [-0.1, -0.05) is 54.1 Å². The molecule has 3 aromatic rings. The van der Waals surface area contributed by atoms with Crippen LogP contribution in [0.25, 0.3) is 11.1 Å². The minimum absolute atomic E-state index is 0.252. The fourth-order valence-corrected chi connectivity index (χ4v) is 2.82. The smallest absolute Gasteiger partial charge is 0.127 e. The van der Waals surface area contributed by atoms with E-state index in [2.05, 4.69) is 0 Å². The van der Waals surface area contributed by atoms with Gasteiger partial charge >= 0.3 is 0 Å². The van der Waals surface area contributed by atoms with Crippen LogP contribution in [-0.4, -0.2) is 5.11 Å². The lowest BCUT2D eigenvalue weighted by atomic mass is 10.00. The van der Waals surface area contributed by atoms with Crippen LogP contribution in [0, 0.1) is 5.82 Å². The van der Waals surface area contributed by atoms with E-state index in [1.54, 1.807) is 24.3 Å². The Hall–Kier alpha value is -2.32. The molecule has 0 fully saturated rings. The van der Waals surface area contributed by atoms with Crippen LogP contribution in [-0.2, 0) is 12.8 Å². The number of aryl methyl sites for hydroxylation is 1. The Morgan fingerprint density at radius 2 is 1.39 bits per heavy atom. The van der Waals surface area contributed by atoms with Gasteiger partial charge in [0.1, 0.15) is 11.6 Å². The minimum Gasteiger partial charge on any atom is -0.508 e. The molecule has 0 aliphatic carbocycles. The third-order valence-corrected chi connectivity index (χ3v) is 4.23. The highest BCUT2D eigenvalue weighted by Gasteiger charge is 2.07. The average Bonchev–Trinajstić information content (AvgIpc) is 2.56. The van der Waals surface area contributed by atoms with Gasteiger partial charge in [-0.15, -0.1) is 0 Å². The quantitative estimate of drug-likeness (QED) is 0.658. The molecule has 0 radical (unpaired) electrons. The highest BCUT2D eigenvalue weighted by atomic mass is 35.5. The molecule has 0 aliphatic rings. The van der Waals surface area contributed by atoms with Gasteiger partial charge in [0, 0.05) is 10.6 Å². The van der Waals surface area contributed by atoms with Crippen molar-refractivity contribution >= 4 is 11.6 Å². The standard InChI is InChI=1S/C20H16ClFO/c21-19-2-1-3-20(22)18(19)13-6-14-4-7-15(8-5-14)16-9-11-17(23)12-10-16/h1-5,7-12,23H,6,13H2. The second kappa shape index (κ2) is 6.84. The Morgan fingerprint density at radius 1 is 0.783 bits per heavy atom. The number of benzene rings is 3. The molecule has 0 heterocycles. The van der Waals surface area contributed by atoms with E-state index in [0.29, 0.717) is 17.0 Å². The van der Waals surface area contributed by atoms with E-state index in [9.17, 15) is 9.50 Å². The van der Waals surface area contributed by atoms with Crippen molar-refractivity contribution in [2.75, 3.05) is 0 Å². The average molecular weight is 327 g/mol. The van der Waals surface area contributed by atoms with Crippen LogP contribution in [0.3, 0.4) is 0 Å². The highest BCUT2D eigenvalue weighted by Crippen LogP contribution is 2.24. The Morgan fingerprint density at radius 3 is 2.00 bits per heavy atom. The van der Waals surface area contributed by atoms with Crippen molar-refractivity contribution in [1.82, 2.24) is 0 Å². The summed E-state index contributed by atoms with van der Waals surface area (Å²) < 4.78 is 13.8. The zero-order valence-corrected chi connectivity index (χ0v) is 13.2. The lowest BCUT2D eigenvalue weighted by molar-refractivity contribution is 0.475. The van der Waals surface area contributed by atoms with Gasteiger partial charge in [0.15, 0.2) is 0 Å². The van der Waals surface area contributed by atoms with Crippen molar-refractivity contribution < 1.29 is 9.50 Å². The molecule has 1 N–H and O–H groups in total. The predicted molar refractivity (Wildman–Crippen MR) is 92.4 cm³/mol. The lowest BCUT2D eigenvalue weighted by Gasteiger charge is -2.07. The second-order valence-corrected chi connectivity index (χ2v) is 5.85. The summed E-state index contributed by atoms with van der Waals surface area (Å²) >= 11 is 6.05. The van der Waals surface area contributed by atoms with E-state index in [0.717, 1.165) is 23.1 Å². The molecule has 0 saturated heterocycles. The van der Waals surface area contributed by atoms with Crippen LogP contribution in [0.2, 0.25) is 5.02 Å². The van der Waals surface area contributed by atoms with Gasteiger partial charge in [-0.3, -0.25) is 0 Å². The van der Waals surface area contributed by atoms with Crippen molar-refractivity contribution in [3.63, 3.8) is 0 Å². The number of hydrogen-bond donors (Lipinski definition) is 1. The zero-order chi connectivity index (χ0) is 16.2. The van der Waals surface area contributed by atoms with E-state index in [-0.39, 0.29) is 11.6 Å². The molecule has 0 aromatic heterocycles. The summed E-state index contributed by atoms with van der Waals surface area (Å²) in [5, 5.41) is 9.81. The van der Waals surface area contributed by atoms with Crippen LogP contribution in [0.1, 0.15) is 11.1 Å². The van der Waals surface area contributed by atoms with Crippen LogP contribution >= 0.6 is 11.6 Å². The Bertz CT molecular complexity index is 775. The molecule has 0 aliphatic heterocycles. The maximum atomic E-state index is 13.8. The molecule has 0 bridgehead atoms. The van der Waals surface area contributed by atoms with E-state index >= 15 is 0 Å². The summed E-state index contributed by atoms with van der Waals surface area (Å²) in [7, 11) is 0. The van der Waals surface area contributed by atoms with Crippen LogP contribution in [0.5, 0.6) is 5.75 Å². The topological polar surface area (TPSA) is 20.2 Å². The maximum Gasteiger partial charge on any atom is 0.127 e. The zero-order valence-electron chi connectivity index (χ0n) is 12.5. The molecule has 1 nitrogen and oxygen atoms in total. The van der Waals surface area contributed by atoms with Gasteiger partial charge < -0.3 is 5.11 Å². The molecule has 116 valence electrons. The normalized spacial score (nSPS) is 10.7. The SMILES string of the molecule is Oc1ccc(-c2ccc(CCc3c(F)cccc3Cl)cc2)cc1. The first-order valence-electron chi connectivity index (χ1n) is 7.45. The van der Waals surface area contributed by atoms with E-state index in [1.165, 1.54) is 6.07 Å². The number of halogens is 2. The molecule has 0 spiro atoms. The summed E-state index contributed by atoms with van der Waals surface area (Å²) in [6.45, 7) is 0. The molecule has 0 unspecified atom stereocenters. The number of phenolic OH excluding ortho intramolecular Hbond substituents is 1. The number of aromatic hydroxyl groups is 1. The molecular formula is C20H16ClFO. The summed E-state index contributed by atoms with van der Waals surface area (Å²) in [5.74, 6) is 0.00495. The number of hydrogen-bond acceptors (Lipinski definition) is 1.